The zero-order chi connectivity index (χ0) is 35.0. The third kappa shape index (κ3) is 8.49. The Morgan fingerprint density at radius 3 is 1.92 bits per heavy atom. The van der Waals surface area contributed by atoms with Gasteiger partial charge in [0.25, 0.3) is 11.8 Å². The summed E-state index contributed by atoms with van der Waals surface area (Å²) in [4.78, 5) is 44.2. The number of carbonyl (C=O) groups is 3. The number of hydrogen-bond donors (Lipinski definition) is 3. The Balaban J connectivity index is 1.63. The van der Waals surface area contributed by atoms with Crippen LogP contribution in [0.5, 0.6) is 17.2 Å². The maximum absolute atomic E-state index is 13.6. The molecule has 250 valence electrons. The molecule has 4 aromatic carbocycles. The largest absolute Gasteiger partial charge is 0.493 e. The van der Waals surface area contributed by atoms with E-state index in [1.165, 1.54) is 39.0 Å². The molecule has 0 heterocycles. The Morgan fingerprint density at radius 2 is 1.38 bits per heavy atom. The van der Waals surface area contributed by atoms with Gasteiger partial charge in [0.15, 0.2) is 11.5 Å². The van der Waals surface area contributed by atoms with Crippen LogP contribution < -0.4 is 29.7 Å². The van der Waals surface area contributed by atoms with Crippen LogP contribution in [0, 0.1) is 6.92 Å². The molecule has 0 bridgehead atoms. The molecular formula is C37H40N4O7. The highest BCUT2D eigenvalue weighted by Gasteiger charge is 2.30. The van der Waals surface area contributed by atoms with Gasteiger partial charge in [0.1, 0.15) is 0 Å². The first-order chi connectivity index (χ1) is 22.8. The summed E-state index contributed by atoms with van der Waals surface area (Å²) in [5.41, 5.74) is 3.82. The van der Waals surface area contributed by atoms with Gasteiger partial charge >= 0.3 is 6.09 Å². The van der Waals surface area contributed by atoms with Crippen LogP contribution in [0.15, 0.2) is 89.9 Å². The number of aliphatic imine (C=N–C) groups is 1. The van der Waals surface area contributed by atoms with E-state index in [-0.39, 0.29) is 28.9 Å². The van der Waals surface area contributed by atoms with Crippen LogP contribution in [0.3, 0.4) is 0 Å². The van der Waals surface area contributed by atoms with E-state index >= 15 is 0 Å². The summed E-state index contributed by atoms with van der Waals surface area (Å²) in [6.45, 7) is 7.36. The lowest BCUT2D eigenvalue weighted by atomic mass is 10.0. The Morgan fingerprint density at radius 1 is 0.771 bits per heavy atom. The smallest absolute Gasteiger partial charge is 0.434 e. The number of carbonyl (C=O) groups excluding carboxylic acids is 2. The Hall–Kier alpha value is -5.84. The number of anilines is 2. The van der Waals surface area contributed by atoms with Gasteiger partial charge in [0, 0.05) is 28.0 Å². The van der Waals surface area contributed by atoms with E-state index in [4.69, 9.17) is 14.2 Å². The zero-order valence-corrected chi connectivity index (χ0v) is 28.1. The number of ether oxygens (including phenoxy) is 3. The van der Waals surface area contributed by atoms with Crippen molar-refractivity contribution in [1.82, 2.24) is 5.32 Å². The summed E-state index contributed by atoms with van der Waals surface area (Å²) >= 11 is 0. The number of methoxy groups -OCH3 is 3. The van der Waals surface area contributed by atoms with Gasteiger partial charge in [-0.15, -0.1) is 4.99 Å². The predicted octanol–water partition coefficient (Wildman–Crippen LogP) is 6.93. The number of carboxylic acid groups (broad SMARTS) is 1. The van der Waals surface area contributed by atoms with Gasteiger partial charge in [-0.2, -0.15) is 0 Å². The molecule has 0 radical (unpaired) electrons. The van der Waals surface area contributed by atoms with Gasteiger partial charge in [0.05, 0.1) is 21.3 Å². The Bertz CT molecular complexity index is 1790. The molecule has 0 saturated heterocycles. The molecule has 0 aliphatic rings. The van der Waals surface area contributed by atoms with E-state index in [1.807, 2.05) is 58.0 Å². The first kappa shape index (κ1) is 35.0. The molecule has 3 amide bonds. The van der Waals surface area contributed by atoms with Crippen molar-refractivity contribution in [3.63, 3.8) is 0 Å². The minimum Gasteiger partial charge on any atom is -0.493 e. The normalized spacial score (nSPS) is 11.4. The first-order valence-corrected chi connectivity index (χ1v) is 15.1. The highest BCUT2D eigenvalue weighted by Crippen LogP contribution is 2.38. The van der Waals surface area contributed by atoms with E-state index in [1.54, 1.807) is 35.2 Å². The molecule has 0 unspecified atom stereocenters. The molecule has 4 rings (SSSR count). The van der Waals surface area contributed by atoms with Crippen molar-refractivity contribution in [2.45, 2.75) is 39.7 Å². The molecule has 4 aromatic rings. The van der Waals surface area contributed by atoms with Crippen molar-refractivity contribution in [3.8, 4) is 17.2 Å². The van der Waals surface area contributed by atoms with Crippen molar-refractivity contribution >= 4 is 35.2 Å². The summed E-state index contributed by atoms with van der Waals surface area (Å²) in [6.07, 6.45) is -0.760. The van der Waals surface area contributed by atoms with Crippen molar-refractivity contribution in [3.05, 3.63) is 113 Å². The molecule has 0 aliphatic carbocycles. The summed E-state index contributed by atoms with van der Waals surface area (Å²) in [5, 5.41) is 15.4. The molecular weight excluding hydrogens is 612 g/mol. The van der Waals surface area contributed by atoms with Crippen LogP contribution in [0.4, 0.5) is 16.2 Å². The number of nitrogens with one attached hydrogen (secondary N) is 2. The fourth-order valence-electron chi connectivity index (χ4n) is 5.12. The van der Waals surface area contributed by atoms with Gasteiger partial charge in [-0.1, -0.05) is 48.5 Å². The molecule has 11 heteroatoms. The van der Waals surface area contributed by atoms with Crippen LogP contribution >= 0.6 is 0 Å². The van der Waals surface area contributed by atoms with Crippen molar-refractivity contribution in [2.75, 3.05) is 31.5 Å². The van der Waals surface area contributed by atoms with Crippen LogP contribution in [0.25, 0.3) is 0 Å². The van der Waals surface area contributed by atoms with Gasteiger partial charge in [-0.05, 0) is 87.2 Å². The highest BCUT2D eigenvalue weighted by molar-refractivity contribution is 6.14. The first-order valence-electron chi connectivity index (χ1n) is 15.1. The Kier molecular flexibility index (Phi) is 11.1. The van der Waals surface area contributed by atoms with Gasteiger partial charge in [0.2, 0.25) is 11.7 Å². The van der Waals surface area contributed by atoms with Crippen molar-refractivity contribution in [1.29, 1.82) is 0 Å². The number of hydrogen-bond acceptors (Lipinski definition) is 6. The second kappa shape index (κ2) is 15.2. The summed E-state index contributed by atoms with van der Waals surface area (Å²) in [6, 6.07) is 25.7. The molecule has 0 spiro atoms. The summed E-state index contributed by atoms with van der Waals surface area (Å²) in [7, 11) is 4.29. The molecule has 0 saturated carbocycles. The van der Waals surface area contributed by atoms with Gasteiger partial charge in [-0.25, -0.2) is 4.79 Å². The summed E-state index contributed by atoms with van der Waals surface area (Å²) in [5.74, 6) is -0.431. The third-order valence-electron chi connectivity index (χ3n) is 7.43. The predicted molar refractivity (Wildman–Crippen MR) is 186 cm³/mol. The molecule has 0 fully saturated rings. The molecule has 0 aliphatic heterocycles. The fraction of sp³-hybridized carbons (Fsp3) is 0.243. The average Bonchev–Trinajstić information content (AvgIpc) is 3.05. The number of nitrogens with zero attached hydrogens (tertiary/aromatic N) is 2. The SMILES string of the molecule is COc1cc(C(=O)NC(=NC(=O)O)N(c2ccc(C)c(NC(=O)c3ccc(Cc4ccccc4)cc3)c2)C(C)(C)C)cc(OC)c1OC. The van der Waals surface area contributed by atoms with Crippen molar-refractivity contribution in [2.24, 2.45) is 4.99 Å². The Labute approximate surface area is 280 Å². The van der Waals surface area contributed by atoms with E-state index < -0.39 is 17.5 Å². The molecule has 3 N–H and O–H groups in total. The van der Waals surface area contributed by atoms with Crippen LogP contribution in [-0.4, -0.2) is 55.8 Å². The number of rotatable bonds is 9. The van der Waals surface area contributed by atoms with Crippen LogP contribution in [-0.2, 0) is 6.42 Å². The van der Waals surface area contributed by atoms with E-state index in [0.717, 1.165) is 17.5 Å². The second-order valence-corrected chi connectivity index (χ2v) is 11.9. The number of guanidine groups is 1. The lowest BCUT2D eigenvalue weighted by Gasteiger charge is -2.38. The van der Waals surface area contributed by atoms with Crippen molar-refractivity contribution < 1.29 is 33.7 Å². The molecule has 11 nitrogen and oxygen atoms in total. The molecule has 0 atom stereocenters. The number of amides is 3. The quantitative estimate of drug-likeness (QED) is 0.131. The molecule has 48 heavy (non-hydrogen) atoms. The van der Waals surface area contributed by atoms with Crippen LogP contribution in [0.2, 0.25) is 0 Å². The van der Waals surface area contributed by atoms with E-state index in [2.05, 4.69) is 27.8 Å². The minimum absolute atomic E-state index is 0.114. The lowest BCUT2D eigenvalue weighted by molar-refractivity contribution is 0.0974. The monoisotopic (exact) mass is 652 g/mol. The maximum atomic E-state index is 13.6. The zero-order valence-electron chi connectivity index (χ0n) is 28.1. The number of benzene rings is 4. The van der Waals surface area contributed by atoms with Crippen LogP contribution in [0.1, 0.15) is 58.2 Å². The lowest BCUT2D eigenvalue weighted by Crippen LogP contribution is -2.53. The highest BCUT2D eigenvalue weighted by atomic mass is 16.5. The number of aryl methyl sites for hydroxylation is 1. The fourth-order valence-corrected chi connectivity index (χ4v) is 5.12. The average molecular weight is 653 g/mol. The van der Waals surface area contributed by atoms with E-state index in [0.29, 0.717) is 22.7 Å². The maximum Gasteiger partial charge on any atom is 0.434 e. The second-order valence-electron chi connectivity index (χ2n) is 11.9. The standard InChI is InChI=1S/C37H40N4O7/c1-23-13-18-28(22-29(23)38-33(42)26-16-14-25(15-17-26)19-24-11-9-8-10-12-24)41(37(2,3)4)35(40-36(44)45)39-34(43)27-20-30(46-5)32(48-7)31(21-27)47-6/h8-18,20-22H,19H2,1-7H3,(H,38,42)(H,44,45)(H,39,40,43). The van der Waals surface area contributed by atoms with Gasteiger partial charge < -0.3 is 29.5 Å². The topological polar surface area (TPSA) is 139 Å². The summed E-state index contributed by atoms with van der Waals surface area (Å²) < 4.78 is 16.1. The minimum atomic E-state index is -1.51. The van der Waals surface area contributed by atoms with E-state index in [9.17, 15) is 19.5 Å². The van der Waals surface area contributed by atoms with Gasteiger partial charge in [-0.3, -0.25) is 14.9 Å². The molecule has 0 aromatic heterocycles. The third-order valence-corrected chi connectivity index (χ3v) is 7.43.